The first-order valence-electron chi connectivity index (χ1n) is 6.63. The zero-order valence-electron chi connectivity index (χ0n) is 12.9. The first kappa shape index (κ1) is 18.6. The molecule has 0 spiro atoms. The molecule has 0 aromatic heterocycles. The fourth-order valence-corrected chi connectivity index (χ4v) is 2.32. The Labute approximate surface area is 139 Å². The number of methoxy groups -OCH3 is 1. The molecule has 1 atom stereocenters. The Hall–Kier alpha value is -1.46. The van der Waals surface area contributed by atoms with Crippen LogP contribution in [0.1, 0.15) is 26.3 Å². The number of rotatable bonds is 4. The number of nitrogens with one attached hydrogen (secondary N) is 1. The minimum Gasteiger partial charge on any atom is -0.467 e. The molecule has 0 saturated carbocycles. The molecule has 0 aliphatic heterocycles. The Bertz CT molecular complexity index is 535. The fourth-order valence-electron chi connectivity index (χ4n) is 1.75. The van der Waals surface area contributed by atoms with E-state index in [1.54, 1.807) is 39.0 Å². The number of carbonyl (C=O) groups is 2. The molecule has 0 aliphatic carbocycles. The van der Waals surface area contributed by atoms with E-state index in [4.69, 9.17) is 32.7 Å². The van der Waals surface area contributed by atoms with Gasteiger partial charge in [-0.15, -0.1) is 0 Å². The maximum absolute atomic E-state index is 11.8. The highest BCUT2D eigenvalue weighted by Crippen LogP contribution is 2.20. The van der Waals surface area contributed by atoms with Crippen LogP contribution in [0.2, 0.25) is 10.0 Å². The van der Waals surface area contributed by atoms with E-state index in [9.17, 15) is 9.59 Å². The van der Waals surface area contributed by atoms with Gasteiger partial charge in [0.15, 0.2) is 0 Å². The maximum atomic E-state index is 11.8. The lowest BCUT2D eigenvalue weighted by Crippen LogP contribution is -2.45. The van der Waals surface area contributed by atoms with Crippen molar-refractivity contribution in [2.75, 3.05) is 7.11 Å². The number of carbonyl (C=O) groups excluding carboxylic acids is 2. The van der Waals surface area contributed by atoms with Crippen molar-refractivity contribution in [3.05, 3.63) is 33.8 Å². The quantitative estimate of drug-likeness (QED) is 0.845. The Morgan fingerprint density at radius 3 is 2.18 bits per heavy atom. The monoisotopic (exact) mass is 347 g/mol. The zero-order chi connectivity index (χ0) is 16.9. The lowest BCUT2D eigenvalue weighted by molar-refractivity contribution is -0.143. The standard InChI is InChI=1S/C15H19Cl2NO4/c1-15(2,3)22-14(20)18-12(13(19)21-4)7-9-5-10(16)8-11(17)6-9/h5-6,8,12H,7H2,1-4H3,(H,18,20)/t12-/m0/s1. The molecule has 0 fully saturated rings. The van der Waals surface area contributed by atoms with E-state index in [-0.39, 0.29) is 6.42 Å². The Morgan fingerprint density at radius 2 is 1.73 bits per heavy atom. The van der Waals surface area contributed by atoms with Gasteiger partial charge in [-0.2, -0.15) is 0 Å². The van der Waals surface area contributed by atoms with Gasteiger partial charge in [-0.1, -0.05) is 23.2 Å². The molecule has 1 N–H and O–H groups in total. The van der Waals surface area contributed by atoms with Crippen molar-refractivity contribution in [3.8, 4) is 0 Å². The van der Waals surface area contributed by atoms with Crippen LogP contribution in [0, 0.1) is 0 Å². The number of halogens is 2. The van der Waals surface area contributed by atoms with Crippen molar-refractivity contribution in [3.63, 3.8) is 0 Å². The van der Waals surface area contributed by atoms with E-state index in [1.165, 1.54) is 7.11 Å². The van der Waals surface area contributed by atoms with Crippen molar-refractivity contribution in [2.45, 2.75) is 38.8 Å². The van der Waals surface area contributed by atoms with Crippen molar-refractivity contribution >= 4 is 35.3 Å². The van der Waals surface area contributed by atoms with Crippen LogP contribution in [-0.4, -0.2) is 30.8 Å². The molecule has 0 aliphatic rings. The van der Waals surface area contributed by atoms with Crippen molar-refractivity contribution < 1.29 is 19.1 Å². The van der Waals surface area contributed by atoms with Crippen LogP contribution in [0.4, 0.5) is 4.79 Å². The molecule has 0 radical (unpaired) electrons. The van der Waals surface area contributed by atoms with Crippen LogP contribution < -0.4 is 5.32 Å². The Balaban J connectivity index is 2.85. The van der Waals surface area contributed by atoms with Gasteiger partial charge in [0.1, 0.15) is 11.6 Å². The summed E-state index contributed by atoms with van der Waals surface area (Å²) in [7, 11) is 1.25. The molecule has 7 heteroatoms. The summed E-state index contributed by atoms with van der Waals surface area (Å²) in [6.45, 7) is 5.20. The normalized spacial score (nSPS) is 12.5. The number of amides is 1. The molecule has 1 rings (SSSR count). The predicted octanol–water partition coefficient (Wildman–Crippen LogP) is 3.60. The lowest BCUT2D eigenvalue weighted by Gasteiger charge is -2.22. The molecule has 0 bridgehead atoms. The maximum Gasteiger partial charge on any atom is 0.408 e. The second-order valence-electron chi connectivity index (χ2n) is 5.70. The van der Waals surface area contributed by atoms with Gasteiger partial charge in [0.2, 0.25) is 0 Å². The second kappa shape index (κ2) is 7.70. The van der Waals surface area contributed by atoms with E-state index in [1.807, 2.05) is 0 Å². The number of hydrogen-bond acceptors (Lipinski definition) is 4. The highest BCUT2D eigenvalue weighted by Gasteiger charge is 2.25. The summed E-state index contributed by atoms with van der Waals surface area (Å²) in [6.07, 6.45) is -0.511. The average molecular weight is 348 g/mol. The molecule has 1 amide bonds. The molecule has 22 heavy (non-hydrogen) atoms. The third-order valence-electron chi connectivity index (χ3n) is 2.54. The van der Waals surface area contributed by atoms with Gasteiger partial charge < -0.3 is 14.8 Å². The number of ether oxygens (including phenoxy) is 2. The SMILES string of the molecule is COC(=O)[C@H](Cc1cc(Cl)cc(Cl)c1)NC(=O)OC(C)(C)C. The predicted molar refractivity (Wildman–Crippen MR) is 85.3 cm³/mol. The van der Waals surface area contributed by atoms with Gasteiger partial charge >= 0.3 is 12.1 Å². The van der Waals surface area contributed by atoms with Gasteiger partial charge in [-0.05, 0) is 44.5 Å². The third-order valence-corrected chi connectivity index (χ3v) is 2.98. The summed E-state index contributed by atoms with van der Waals surface area (Å²) in [5, 5.41) is 3.38. The van der Waals surface area contributed by atoms with E-state index < -0.39 is 23.7 Å². The van der Waals surface area contributed by atoms with Crippen molar-refractivity contribution in [2.24, 2.45) is 0 Å². The summed E-state index contributed by atoms with van der Waals surface area (Å²) < 4.78 is 9.84. The summed E-state index contributed by atoms with van der Waals surface area (Å²) in [4.78, 5) is 23.6. The summed E-state index contributed by atoms with van der Waals surface area (Å²) >= 11 is 11.9. The van der Waals surface area contributed by atoms with Gasteiger partial charge in [0, 0.05) is 16.5 Å². The van der Waals surface area contributed by atoms with Crippen LogP contribution in [-0.2, 0) is 20.7 Å². The second-order valence-corrected chi connectivity index (χ2v) is 6.58. The molecule has 0 heterocycles. The van der Waals surface area contributed by atoms with Gasteiger partial charge in [-0.3, -0.25) is 0 Å². The average Bonchev–Trinajstić information content (AvgIpc) is 2.33. The van der Waals surface area contributed by atoms with E-state index in [0.29, 0.717) is 15.6 Å². The largest absolute Gasteiger partial charge is 0.467 e. The van der Waals surface area contributed by atoms with E-state index in [0.717, 1.165) is 0 Å². The number of alkyl carbamates (subject to hydrolysis) is 1. The first-order chi connectivity index (χ1) is 10.1. The fraction of sp³-hybridized carbons (Fsp3) is 0.467. The smallest absolute Gasteiger partial charge is 0.408 e. The first-order valence-corrected chi connectivity index (χ1v) is 7.38. The molecule has 1 aromatic rings. The van der Waals surface area contributed by atoms with Gasteiger partial charge in [-0.25, -0.2) is 9.59 Å². The highest BCUT2D eigenvalue weighted by molar-refractivity contribution is 6.34. The number of hydrogen-bond donors (Lipinski definition) is 1. The minimum absolute atomic E-state index is 0.187. The molecule has 0 unspecified atom stereocenters. The Kier molecular flexibility index (Phi) is 6.50. The Morgan fingerprint density at radius 1 is 1.18 bits per heavy atom. The van der Waals surface area contributed by atoms with Crippen LogP contribution >= 0.6 is 23.2 Å². The van der Waals surface area contributed by atoms with Crippen molar-refractivity contribution in [1.29, 1.82) is 0 Å². The lowest BCUT2D eigenvalue weighted by atomic mass is 10.1. The summed E-state index contributed by atoms with van der Waals surface area (Å²) in [5.41, 5.74) is 0.0355. The molecular formula is C15H19Cl2NO4. The van der Waals surface area contributed by atoms with Gasteiger partial charge in [0.05, 0.1) is 7.11 Å². The molecule has 0 saturated heterocycles. The van der Waals surface area contributed by atoms with E-state index >= 15 is 0 Å². The highest BCUT2D eigenvalue weighted by atomic mass is 35.5. The minimum atomic E-state index is -0.894. The summed E-state index contributed by atoms with van der Waals surface area (Å²) in [6, 6.07) is 4.02. The number of benzene rings is 1. The molecule has 5 nitrogen and oxygen atoms in total. The van der Waals surface area contributed by atoms with E-state index in [2.05, 4.69) is 5.32 Å². The topological polar surface area (TPSA) is 64.6 Å². The van der Waals surface area contributed by atoms with Gasteiger partial charge in [0.25, 0.3) is 0 Å². The molecule has 1 aromatic carbocycles. The third kappa shape index (κ3) is 6.54. The van der Waals surface area contributed by atoms with Crippen LogP contribution in [0.3, 0.4) is 0 Å². The number of esters is 1. The molecule has 122 valence electrons. The van der Waals surface area contributed by atoms with Crippen LogP contribution in [0.5, 0.6) is 0 Å². The van der Waals surface area contributed by atoms with Crippen LogP contribution in [0.15, 0.2) is 18.2 Å². The van der Waals surface area contributed by atoms with Crippen LogP contribution in [0.25, 0.3) is 0 Å². The van der Waals surface area contributed by atoms with Crippen molar-refractivity contribution in [1.82, 2.24) is 5.32 Å². The summed E-state index contributed by atoms with van der Waals surface area (Å²) in [5.74, 6) is -0.582. The zero-order valence-corrected chi connectivity index (χ0v) is 14.4. The molecular weight excluding hydrogens is 329 g/mol.